The van der Waals surface area contributed by atoms with E-state index >= 15 is 0 Å². The minimum absolute atomic E-state index is 0.104. The molecule has 2 heteroatoms. The van der Waals surface area contributed by atoms with Crippen LogP contribution in [0.4, 0.5) is 0 Å². The third-order valence-electron chi connectivity index (χ3n) is 2.66. The van der Waals surface area contributed by atoms with Gasteiger partial charge in [0.05, 0.1) is 7.11 Å². The summed E-state index contributed by atoms with van der Waals surface area (Å²) in [6.07, 6.45) is 0. The highest BCUT2D eigenvalue weighted by atomic mass is 16.5. The number of aryl methyl sites for hydroxylation is 1. The molecule has 2 nitrogen and oxygen atoms in total. The van der Waals surface area contributed by atoms with Gasteiger partial charge in [-0.3, -0.25) is 4.79 Å². The maximum absolute atomic E-state index is 11.8. The Hall–Kier alpha value is -2.09. The van der Waals surface area contributed by atoms with Crippen LogP contribution in [0.1, 0.15) is 5.56 Å². The van der Waals surface area contributed by atoms with E-state index < -0.39 is 0 Å². The zero-order chi connectivity index (χ0) is 12.3. The fourth-order valence-electron chi connectivity index (χ4n) is 1.75. The van der Waals surface area contributed by atoms with Crippen LogP contribution in [0.3, 0.4) is 0 Å². The number of rotatable bonds is 2. The first kappa shape index (κ1) is 11.4. The van der Waals surface area contributed by atoms with Gasteiger partial charge in [0.2, 0.25) is 5.43 Å². The van der Waals surface area contributed by atoms with Gasteiger partial charge in [-0.15, -0.1) is 0 Å². The number of hydrogen-bond acceptors (Lipinski definition) is 2. The molecule has 0 amide bonds. The van der Waals surface area contributed by atoms with Gasteiger partial charge >= 0.3 is 0 Å². The second kappa shape index (κ2) is 4.83. The summed E-state index contributed by atoms with van der Waals surface area (Å²) < 4.78 is 5.21. The zero-order valence-electron chi connectivity index (χ0n) is 9.94. The quantitative estimate of drug-likeness (QED) is 0.786. The number of methoxy groups -OCH3 is 1. The van der Waals surface area contributed by atoms with Gasteiger partial charge in [-0.1, -0.05) is 48.0 Å². The fourth-order valence-corrected chi connectivity index (χ4v) is 1.75. The molecule has 0 spiro atoms. The van der Waals surface area contributed by atoms with Gasteiger partial charge in [0.25, 0.3) is 0 Å². The first-order valence-electron chi connectivity index (χ1n) is 5.47. The van der Waals surface area contributed by atoms with E-state index in [1.165, 1.54) is 18.7 Å². The van der Waals surface area contributed by atoms with Crippen molar-refractivity contribution in [1.82, 2.24) is 0 Å². The maximum atomic E-state index is 11.8. The maximum Gasteiger partial charge on any atom is 0.220 e. The van der Waals surface area contributed by atoms with Gasteiger partial charge in [-0.05, 0) is 18.6 Å². The fraction of sp³-hybridized carbons (Fsp3) is 0.133. The van der Waals surface area contributed by atoms with Crippen molar-refractivity contribution >= 4 is 0 Å². The smallest absolute Gasteiger partial charge is 0.220 e. The van der Waals surface area contributed by atoms with Crippen molar-refractivity contribution in [2.24, 2.45) is 0 Å². The molecule has 0 aliphatic rings. The topological polar surface area (TPSA) is 26.3 Å². The van der Waals surface area contributed by atoms with Crippen molar-refractivity contribution in [2.45, 2.75) is 6.92 Å². The average molecular weight is 226 g/mol. The molecule has 0 atom stereocenters. The van der Waals surface area contributed by atoms with E-state index in [2.05, 4.69) is 0 Å². The Labute approximate surface area is 101 Å². The molecule has 2 aromatic rings. The van der Waals surface area contributed by atoms with Crippen LogP contribution < -0.4 is 10.2 Å². The third kappa shape index (κ3) is 2.36. The molecule has 0 N–H and O–H groups in total. The lowest BCUT2D eigenvalue weighted by Crippen LogP contribution is -2.01. The summed E-state index contributed by atoms with van der Waals surface area (Å²) in [5, 5.41) is 0. The van der Waals surface area contributed by atoms with Crippen molar-refractivity contribution in [3.8, 4) is 16.9 Å². The van der Waals surface area contributed by atoms with Crippen molar-refractivity contribution in [3.05, 3.63) is 64.3 Å². The summed E-state index contributed by atoms with van der Waals surface area (Å²) >= 11 is 0. The van der Waals surface area contributed by atoms with Crippen LogP contribution in [-0.4, -0.2) is 7.11 Å². The summed E-state index contributed by atoms with van der Waals surface area (Å²) in [5.74, 6) is 0.388. The predicted molar refractivity (Wildman–Crippen MR) is 69.4 cm³/mol. The van der Waals surface area contributed by atoms with Crippen molar-refractivity contribution in [3.63, 3.8) is 0 Å². The second-order valence-electron chi connectivity index (χ2n) is 3.90. The van der Waals surface area contributed by atoms with Crippen molar-refractivity contribution < 1.29 is 4.74 Å². The normalized spacial score (nSPS) is 10.0. The standard InChI is InChI=1S/C15H14O2/c1-11-7-9-12(10-8-11)13-5-3-4-6-14(16)15(13)17-2/h3-10H,1-2H3. The van der Waals surface area contributed by atoms with E-state index in [4.69, 9.17) is 4.74 Å². The van der Waals surface area contributed by atoms with Gasteiger partial charge in [-0.25, -0.2) is 0 Å². The van der Waals surface area contributed by atoms with E-state index in [0.717, 1.165) is 11.1 Å². The molecule has 2 rings (SSSR count). The first-order chi connectivity index (χ1) is 8.22. The van der Waals surface area contributed by atoms with E-state index in [0.29, 0.717) is 5.75 Å². The molecule has 2 aromatic carbocycles. The van der Waals surface area contributed by atoms with E-state index in [9.17, 15) is 4.79 Å². The summed E-state index contributed by atoms with van der Waals surface area (Å²) in [4.78, 5) is 11.8. The molecule has 0 aliphatic heterocycles. The molecule has 0 unspecified atom stereocenters. The van der Waals surface area contributed by atoms with Crippen LogP contribution in [0.2, 0.25) is 0 Å². The highest BCUT2D eigenvalue weighted by Gasteiger charge is 2.06. The minimum atomic E-state index is -0.104. The Morgan fingerprint density at radius 2 is 1.59 bits per heavy atom. The van der Waals surface area contributed by atoms with Crippen LogP contribution in [-0.2, 0) is 0 Å². The third-order valence-corrected chi connectivity index (χ3v) is 2.66. The van der Waals surface area contributed by atoms with Crippen LogP contribution in [0.15, 0.2) is 53.3 Å². The lowest BCUT2D eigenvalue weighted by molar-refractivity contribution is 0.413. The van der Waals surface area contributed by atoms with Crippen LogP contribution >= 0.6 is 0 Å². The first-order valence-corrected chi connectivity index (χ1v) is 5.47. The van der Waals surface area contributed by atoms with E-state index in [1.807, 2.05) is 43.3 Å². The lowest BCUT2D eigenvalue weighted by atomic mass is 10.1. The molecule has 0 heterocycles. The summed E-state index contributed by atoms with van der Waals surface area (Å²) in [6.45, 7) is 2.03. The summed E-state index contributed by atoms with van der Waals surface area (Å²) in [5.41, 5.74) is 2.90. The SMILES string of the molecule is COc1c(-c2ccc(C)cc2)ccccc1=O. The molecular weight excluding hydrogens is 212 g/mol. The van der Waals surface area contributed by atoms with Gasteiger partial charge in [0, 0.05) is 5.56 Å². The molecule has 86 valence electrons. The van der Waals surface area contributed by atoms with Gasteiger partial charge < -0.3 is 4.74 Å². The van der Waals surface area contributed by atoms with Crippen molar-refractivity contribution in [1.29, 1.82) is 0 Å². The largest absolute Gasteiger partial charge is 0.492 e. The predicted octanol–water partition coefficient (Wildman–Crippen LogP) is 3.03. The molecule has 0 saturated heterocycles. The van der Waals surface area contributed by atoms with Gasteiger partial charge in [0.1, 0.15) is 0 Å². The van der Waals surface area contributed by atoms with Crippen LogP contribution in [0.5, 0.6) is 5.75 Å². The highest BCUT2D eigenvalue weighted by Crippen LogP contribution is 2.26. The Morgan fingerprint density at radius 3 is 2.24 bits per heavy atom. The highest BCUT2D eigenvalue weighted by molar-refractivity contribution is 5.69. The van der Waals surface area contributed by atoms with Crippen LogP contribution in [0, 0.1) is 6.92 Å². The van der Waals surface area contributed by atoms with Crippen molar-refractivity contribution in [2.75, 3.05) is 7.11 Å². The molecule has 0 radical (unpaired) electrons. The Morgan fingerprint density at radius 1 is 0.941 bits per heavy atom. The monoisotopic (exact) mass is 226 g/mol. The summed E-state index contributed by atoms with van der Waals surface area (Å²) in [6, 6.07) is 15.0. The molecule has 17 heavy (non-hydrogen) atoms. The second-order valence-corrected chi connectivity index (χ2v) is 3.90. The van der Waals surface area contributed by atoms with Crippen LogP contribution in [0.25, 0.3) is 11.1 Å². The molecule has 0 saturated carbocycles. The van der Waals surface area contributed by atoms with E-state index in [-0.39, 0.29) is 5.43 Å². The number of ether oxygens (including phenoxy) is 1. The lowest BCUT2D eigenvalue weighted by Gasteiger charge is -2.05. The zero-order valence-corrected chi connectivity index (χ0v) is 9.94. The van der Waals surface area contributed by atoms with Gasteiger partial charge in [0.15, 0.2) is 5.75 Å². The van der Waals surface area contributed by atoms with E-state index in [1.54, 1.807) is 6.07 Å². The summed E-state index contributed by atoms with van der Waals surface area (Å²) in [7, 11) is 1.52. The minimum Gasteiger partial charge on any atom is -0.492 e. The Balaban J connectivity index is 2.67. The number of hydrogen-bond donors (Lipinski definition) is 0. The molecule has 0 fully saturated rings. The average Bonchev–Trinajstić information content (AvgIpc) is 2.52. The molecule has 0 aromatic heterocycles. The molecule has 0 bridgehead atoms. The molecular formula is C15H14O2. The van der Waals surface area contributed by atoms with Gasteiger partial charge in [-0.2, -0.15) is 0 Å². The number of benzene rings is 1. The Bertz CT molecular complexity index is 571. The molecule has 0 aliphatic carbocycles. The Kier molecular flexibility index (Phi) is 3.24.